The maximum atomic E-state index is 12.7. The maximum absolute atomic E-state index is 12.7. The Bertz CT molecular complexity index is 1050. The molecule has 0 saturated heterocycles. The molecule has 3 aromatic rings. The van der Waals surface area contributed by atoms with E-state index in [1.54, 1.807) is 0 Å². The van der Waals surface area contributed by atoms with Crippen molar-refractivity contribution in [3.05, 3.63) is 95.6 Å². The zero-order valence-electron chi connectivity index (χ0n) is 18.8. The van der Waals surface area contributed by atoms with Crippen molar-refractivity contribution in [2.75, 3.05) is 6.61 Å². The number of amides is 1. The zero-order valence-corrected chi connectivity index (χ0v) is 18.8. The molecule has 0 aliphatic heterocycles. The van der Waals surface area contributed by atoms with Crippen molar-refractivity contribution in [3.8, 4) is 11.1 Å². The van der Waals surface area contributed by atoms with Crippen molar-refractivity contribution in [2.24, 2.45) is 0 Å². The molecule has 1 N–H and O–H groups in total. The number of fused-ring (bicyclic) bond motifs is 3. The molecule has 0 saturated carbocycles. The van der Waals surface area contributed by atoms with E-state index in [4.69, 9.17) is 9.47 Å². The van der Waals surface area contributed by atoms with Crippen LogP contribution in [0.1, 0.15) is 61.4 Å². The summed E-state index contributed by atoms with van der Waals surface area (Å²) in [5.74, 6) is -0.369. The van der Waals surface area contributed by atoms with E-state index in [0.29, 0.717) is 12.0 Å². The lowest BCUT2D eigenvalue weighted by atomic mass is 9.98. The van der Waals surface area contributed by atoms with Crippen molar-refractivity contribution in [2.45, 2.75) is 44.8 Å². The van der Waals surface area contributed by atoms with Crippen LogP contribution in [0.4, 0.5) is 4.79 Å². The Kier molecular flexibility index (Phi) is 7.40. The van der Waals surface area contributed by atoms with E-state index in [-0.39, 0.29) is 18.5 Å². The Balaban J connectivity index is 1.42. The summed E-state index contributed by atoms with van der Waals surface area (Å²) < 4.78 is 11.2. The van der Waals surface area contributed by atoms with Crippen LogP contribution in [0, 0.1) is 0 Å². The highest BCUT2D eigenvalue weighted by Crippen LogP contribution is 2.44. The SMILES string of the molecule is CCCCCC(=O)OC(NC(=O)OCC1c2ccccc2-c2ccccc21)c1ccccc1. The van der Waals surface area contributed by atoms with E-state index < -0.39 is 12.3 Å². The van der Waals surface area contributed by atoms with Gasteiger partial charge in [-0.2, -0.15) is 0 Å². The van der Waals surface area contributed by atoms with Crippen LogP contribution in [0.15, 0.2) is 78.9 Å². The van der Waals surface area contributed by atoms with Crippen molar-refractivity contribution >= 4 is 12.1 Å². The second-order valence-electron chi connectivity index (χ2n) is 8.21. The van der Waals surface area contributed by atoms with Crippen LogP contribution >= 0.6 is 0 Å². The molecule has 3 aromatic carbocycles. The fourth-order valence-electron chi connectivity index (χ4n) is 4.27. The zero-order chi connectivity index (χ0) is 23.0. The van der Waals surface area contributed by atoms with Crippen molar-refractivity contribution in [1.82, 2.24) is 5.32 Å². The van der Waals surface area contributed by atoms with E-state index in [2.05, 4.69) is 36.5 Å². The molecule has 1 aliphatic rings. The summed E-state index contributed by atoms with van der Waals surface area (Å²) in [5.41, 5.74) is 5.33. The van der Waals surface area contributed by atoms with Gasteiger partial charge in [0, 0.05) is 17.9 Å². The number of esters is 1. The summed E-state index contributed by atoms with van der Waals surface area (Å²) in [6.07, 6.45) is 1.56. The Hall–Kier alpha value is -3.60. The molecule has 0 spiro atoms. The molecule has 1 amide bonds. The highest BCUT2D eigenvalue weighted by atomic mass is 16.6. The highest BCUT2D eigenvalue weighted by molar-refractivity contribution is 5.79. The molecule has 33 heavy (non-hydrogen) atoms. The molecular formula is C28H29NO4. The van der Waals surface area contributed by atoms with Gasteiger partial charge in [-0.1, -0.05) is 98.6 Å². The van der Waals surface area contributed by atoms with Crippen LogP contribution in [0.25, 0.3) is 11.1 Å². The lowest BCUT2D eigenvalue weighted by molar-refractivity contribution is -0.150. The third-order valence-corrected chi connectivity index (χ3v) is 5.93. The number of ether oxygens (including phenoxy) is 2. The first-order chi connectivity index (χ1) is 16.2. The van der Waals surface area contributed by atoms with Crippen LogP contribution in [0.5, 0.6) is 0 Å². The number of unbranched alkanes of at least 4 members (excludes halogenated alkanes) is 2. The molecule has 0 heterocycles. The summed E-state index contributed by atoms with van der Waals surface area (Å²) in [6, 6.07) is 25.6. The van der Waals surface area contributed by atoms with Gasteiger partial charge in [-0.05, 0) is 28.7 Å². The number of hydrogen-bond acceptors (Lipinski definition) is 4. The Labute approximate surface area is 194 Å². The molecule has 5 heteroatoms. The topological polar surface area (TPSA) is 64.6 Å². The molecule has 1 atom stereocenters. The molecular weight excluding hydrogens is 414 g/mol. The minimum atomic E-state index is -0.893. The van der Waals surface area contributed by atoms with Crippen LogP contribution < -0.4 is 5.32 Å². The first kappa shape index (κ1) is 22.6. The van der Waals surface area contributed by atoms with Gasteiger partial charge < -0.3 is 9.47 Å². The lowest BCUT2D eigenvalue weighted by Gasteiger charge is -2.21. The van der Waals surface area contributed by atoms with Crippen LogP contribution in [-0.2, 0) is 14.3 Å². The normalized spacial score (nSPS) is 13.0. The van der Waals surface area contributed by atoms with Gasteiger partial charge in [0.05, 0.1) is 0 Å². The molecule has 0 fully saturated rings. The second-order valence-corrected chi connectivity index (χ2v) is 8.21. The molecule has 5 nitrogen and oxygen atoms in total. The lowest BCUT2D eigenvalue weighted by Crippen LogP contribution is -2.33. The molecule has 170 valence electrons. The van der Waals surface area contributed by atoms with Gasteiger partial charge in [0.25, 0.3) is 0 Å². The van der Waals surface area contributed by atoms with Gasteiger partial charge in [0.2, 0.25) is 6.23 Å². The summed E-state index contributed by atoms with van der Waals surface area (Å²) in [4.78, 5) is 25.0. The minimum Gasteiger partial charge on any atom is -0.448 e. The minimum absolute atomic E-state index is 0.0325. The third-order valence-electron chi connectivity index (χ3n) is 5.93. The van der Waals surface area contributed by atoms with Crippen molar-refractivity contribution < 1.29 is 19.1 Å². The molecule has 0 radical (unpaired) electrons. The average Bonchev–Trinajstić information content (AvgIpc) is 3.17. The number of carbonyl (C=O) groups is 2. The van der Waals surface area contributed by atoms with E-state index in [0.717, 1.165) is 30.4 Å². The number of carbonyl (C=O) groups excluding carboxylic acids is 2. The van der Waals surface area contributed by atoms with E-state index >= 15 is 0 Å². The molecule has 4 rings (SSSR count). The highest BCUT2D eigenvalue weighted by Gasteiger charge is 2.29. The fraction of sp³-hybridized carbons (Fsp3) is 0.286. The number of alkyl carbamates (subject to hydrolysis) is 1. The van der Waals surface area contributed by atoms with Gasteiger partial charge in [-0.25, -0.2) is 4.79 Å². The van der Waals surface area contributed by atoms with Crippen LogP contribution in [0.2, 0.25) is 0 Å². The number of nitrogens with one attached hydrogen (secondary N) is 1. The molecule has 0 aromatic heterocycles. The standard InChI is InChI=1S/C28H29NO4/c1-2-3-5-18-26(30)33-27(20-12-6-4-7-13-20)29-28(31)32-19-25-23-16-10-8-14-21(23)22-15-9-11-17-24(22)25/h4,6-17,25,27H,2-3,5,18-19H2,1H3,(H,29,31). The van der Waals surface area contributed by atoms with Crippen molar-refractivity contribution in [3.63, 3.8) is 0 Å². The van der Waals surface area contributed by atoms with E-state index in [9.17, 15) is 9.59 Å². The van der Waals surface area contributed by atoms with E-state index in [1.165, 1.54) is 11.1 Å². The Morgan fingerprint density at radius 1 is 0.848 bits per heavy atom. The Morgan fingerprint density at radius 2 is 1.45 bits per heavy atom. The van der Waals surface area contributed by atoms with Crippen LogP contribution in [0.3, 0.4) is 0 Å². The van der Waals surface area contributed by atoms with Gasteiger partial charge in [-0.3, -0.25) is 10.1 Å². The largest absolute Gasteiger partial charge is 0.448 e. The maximum Gasteiger partial charge on any atom is 0.410 e. The van der Waals surface area contributed by atoms with Crippen LogP contribution in [-0.4, -0.2) is 18.7 Å². The predicted molar refractivity (Wildman–Crippen MR) is 128 cm³/mol. The second kappa shape index (κ2) is 10.8. The number of rotatable bonds is 9. The van der Waals surface area contributed by atoms with Gasteiger partial charge in [0.15, 0.2) is 0 Å². The smallest absolute Gasteiger partial charge is 0.410 e. The summed E-state index contributed by atoms with van der Waals surface area (Å²) in [7, 11) is 0. The number of hydrogen-bond donors (Lipinski definition) is 1. The molecule has 1 aliphatic carbocycles. The van der Waals surface area contributed by atoms with Gasteiger partial charge in [0.1, 0.15) is 6.61 Å². The van der Waals surface area contributed by atoms with Gasteiger partial charge >= 0.3 is 12.1 Å². The predicted octanol–water partition coefficient (Wildman–Crippen LogP) is 6.35. The first-order valence-corrected chi connectivity index (χ1v) is 11.5. The fourth-order valence-corrected chi connectivity index (χ4v) is 4.27. The summed E-state index contributed by atoms with van der Waals surface area (Å²) in [5, 5.41) is 2.72. The average molecular weight is 444 g/mol. The van der Waals surface area contributed by atoms with Gasteiger partial charge in [-0.15, -0.1) is 0 Å². The summed E-state index contributed by atoms with van der Waals surface area (Å²) in [6.45, 7) is 2.28. The third kappa shape index (κ3) is 5.43. The summed E-state index contributed by atoms with van der Waals surface area (Å²) >= 11 is 0. The Morgan fingerprint density at radius 3 is 2.09 bits per heavy atom. The van der Waals surface area contributed by atoms with Crippen molar-refractivity contribution in [1.29, 1.82) is 0 Å². The molecule has 1 unspecified atom stereocenters. The number of benzene rings is 3. The molecule has 0 bridgehead atoms. The monoisotopic (exact) mass is 443 g/mol. The van der Waals surface area contributed by atoms with E-state index in [1.807, 2.05) is 54.6 Å². The first-order valence-electron chi connectivity index (χ1n) is 11.5. The quantitative estimate of drug-likeness (QED) is 0.238.